The van der Waals surface area contributed by atoms with E-state index >= 15 is 0 Å². The number of benzene rings is 2. The van der Waals surface area contributed by atoms with Crippen molar-refractivity contribution < 1.29 is 24.1 Å². The molecule has 164 valence electrons. The van der Waals surface area contributed by atoms with E-state index in [0.29, 0.717) is 19.6 Å². The van der Waals surface area contributed by atoms with Crippen LogP contribution in [0.2, 0.25) is 0 Å². The van der Waals surface area contributed by atoms with Gasteiger partial charge in [0.05, 0.1) is 6.54 Å². The van der Waals surface area contributed by atoms with Gasteiger partial charge in [-0.3, -0.25) is 0 Å². The first-order valence-corrected chi connectivity index (χ1v) is 10.7. The molecule has 4 rings (SSSR count). The Kier molecular flexibility index (Phi) is 6.79. The Hall–Kier alpha value is -2.96. The Morgan fingerprint density at radius 1 is 1.03 bits per heavy atom. The average molecular weight is 424 g/mol. The number of rotatable bonds is 10. The van der Waals surface area contributed by atoms with Crippen LogP contribution in [0.25, 0.3) is 11.3 Å². The van der Waals surface area contributed by atoms with Gasteiger partial charge in [0.1, 0.15) is 12.4 Å². The van der Waals surface area contributed by atoms with Crippen molar-refractivity contribution in [2.45, 2.75) is 39.5 Å². The first kappa shape index (κ1) is 21.3. The molecule has 6 nitrogen and oxygen atoms in total. The van der Waals surface area contributed by atoms with E-state index in [1.807, 2.05) is 43.3 Å². The van der Waals surface area contributed by atoms with E-state index in [4.69, 9.17) is 18.9 Å². The molecule has 1 unspecified atom stereocenters. The first-order valence-electron chi connectivity index (χ1n) is 10.7. The summed E-state index contributed by atoms with van der Waals surface area (Å²) >= 11 is 0. The molecule has 0 radical (unpaired) electrons. The van der Waals surface area contributed by atoms with Crippen LogP contribution in [-0.2, 0) is 17.7 Å². The quantitative estimate of drug-likeness (QED) is 0.485. The molecule has 0 saturated heterocycles. The summed E-state index contributed by atoms with van der Waals surface area (Å²) in [6.07, 6.45) is 0.650. The van der Waals surface area contributed by atoms with Gasteiger partial charge in [-0.2, -0.15) is 0 Å². The summed E-state index contributed by atoms with van der Waals surface area (Å²) in [5.41, 5.74) is 4.55. The van der Waals surface area contributed by atoms with Crippen LogP contribution in [0.5, 0.6) is 17.2 Å². The van der Waals surface area contributed by atoms with Gasteiger partial charge in [-0.1, -0.05) is 12.1 Å². The van der Waals surface area contributed by atoms with Gasteiger partial charge in [0, 0.05) is 30.0 Å². The maximum atomic E-state index is 9.68. The standard InChI is InChI=1S/C25H29NO5/c1-3-28-25(27)13-7-19-5-9-21(10-6-19)29-15-14-26-18(2)4-11-22(26)20-8-12-23-24(16-20)31-17-30-23/h4-6,8-12,16,25,27H,3,7,13-15,17H2,1-2H3. The molecule has 1 aromatic heterocycles. The Balaban J connectivity index is 1.34. The maximum absolute atomic E-state index is 9.68. The van der Waals surface area contributed by atoms with Gasteiger partial charge in [-0.05, 0) is 68.3 Å². The van der Waals surface area contributed by atoms with Crippen LogP contribution < -0.4 is 14.2 Å². The molecule has 0 amide bonds. The second-order valence-corrected chi connectivity index (χ2v) is 7.52. The lowest BCUT2D eigenvalue weighted by atomic mass is 10.1. The number of aliphatic hydroxyl groups excluding tert-OH is 1. The van der Waals surface area contributed by atoms with Crippen molar-refractivity contribution in [1.82, 2.24) is 4.57 Å². The van der Waals surface area contributed by atoms with Crippen molar-refractivity contribution >= 4 is 0 Å². The second kappa shape index (κ2) is 9.90. The van der Waals surface area contributed by atoms with E-state index in [2.05, 4.69) is 29.7 Å². The molecular formula is C25H29NO5. The van der Waals surface area contributed by atoms with Crippen LogP contribution in [0.4, 0.5) is 0 Å². The molecule has 0 saturated carbocycles. The van der Waals surface area contributed by atoms with E-state index < -0.39 is 6.29 Å². The van der Waals surface area contributed by atoms with Gasteiger partial charge in [-0.25, -0.2) is 0 Å². The highest BCUT2D eigenvalue weighted by Crippen LogP contribution is 2.36. The fourth-order valence-corrected chi connectivity index (χ4v) is 3.75. The first-order chi connectivity index (χ1) is 15.1. The van der Waals surface area contributed by atoms with Crippen molar-refractivity contribution in [3.05, 3.63) is 65.9 Å². The molecule has 6 heteroatoms. The van der Waals surface area contributed by atoms with E-state index in [1.54, 1.807) is 0 Å². The van der Waals surface area contributed by atoms with Gasteiger partial charge in [0.25, 0.3) is 0 Å². The fraction of sp³-hybridized carbons (Fsp3) is 0.360. The van der Waals surface area contributed by atoms with Crippen molar-refractivity contribution in [2.75, 3.05) is 20.0 Å². The van der Waals surface area contributed by atoms with E-state index in [0.717, 1.165) is 47.0 Å². The van der Waals surface area contributed by atoms with Crippen molar-refractivity contribution in [1.29, 1.82) is 0 Å². The van der Waals surface area contributed by atoms with Crippen LogP contribution in [0.3, 0.4) is 0 Å². The summed E-state index contributed by atoms with van der Waals surface area (Å²) in [6, 6.07) is 18.3. The number of aliphatic hydroxyl groups is 1. The minimum absolute atomic E-state index is 0.276. The van der Waals surface area contributed by atoms with E-state index in [-0.39, 0.29) is 6.79 Å². The molecule has 3 aromatic rings. The van der Waals surface area contributed by atoms with Crippen molar-refractivity contribution in [2.24, 2.45) is 0 Å². The number of hydrogen-bond donors (Lipinski definition) is 1. The summed E-state index contributed by atoms with van der Waals surface area (Å²) in [5, 5.41) is 9.68. The Labute approximate surface area is 182 Å². The largest absolute Gasteiger partial charge is 0.492 e. The third-order valence-corrected chi connectivity index (χ3v) is 5.41. The molecule has 1 N–H and O–H groups in total. The monoisotopic (exact) mass is 423 g/mol. The lowest BCUT2D eigenvalue weighted by molar-refractivity contribution is -0.0980. The zero-order valence-electron chi connectivity index (χ0n) is 18.0. The number of nitrogens with zero attached hydrogens (tertiary/aromatic N) is 1. The Morgan fingerprint density at radius 2 is 1.84 bits per heavy atom. The minimum Gasteiger partial charge on any atom is -0.492 e. The number of aryl methyl sites for hydroxylation is 2. The number of ether oxygens (including phenoxy) is 4. The summed E-state index contributed by atoms with van der Waals surface area (Å²) in [6.45, 7) is 6.08. The van der Waals surface area contributed by atoms with Gasteiger partial charge < -0.3 is 28.6 Å². The normalized spacial score (nSPS) is 13.4. The molecule has 0 aliphatic carbocycles. The summed E-state index contributed by atoms with van der Waals surface area (Å²) in [7, 11) is 0. The molecule has 0 bridgehead atoms. The minimum atomic E-state index is -0.704. The summed E-state index contributed by atoms with van der Waals surface area (Å²) < 4.78 is 24.3. The van der Waals surface area contributed by atoms with E-state index in [9.17, 15) is 5.11 Å². The highest BCUT2D eigenvalue weighted by atomic mass is 16.7. The molecule has 0 fully saturated rings. The van der Waals surface area contributed by atoms with E-state index in [1.165, 1.54) is 5.69 Å². The SMILES string of the molecule is CCOC(O)CCc1ccc(OCCn2c(C)ccc2-c2ccc3c(c2)OCO3)cc1. The van der Waals surface area contributed by atoms with Gasteiger partial charge >= 0.3 is 0 Å². The Morgan fingerprint density at radius 3 is 2.65 bits per heavy atom. The third-order valence-electron chi connectivity index (χ3n) is 5.41. The molecule has 1 aliphatic rings. The predicted octanol–water partition coefficient (Wildman–Crippen LogP) is 4.56. The second-order valence-electron chi connectivity index (χ2n) is 7.52. The van der Waals surface area contributed by atoms with Crippen LogP contribution in [0.1, 0.15) is 24.6 Å². The maximum Gasteiger partial charge on any atom is 0.231 e. The molecule has 2 aromatic carbocycles. The van der Waals surface area contributed by atoms with Crippen molar-refractivity contribution in [3.8, 4) is 28.5 Å². The smallest absolute Gasteiger partial charge is 0.231 e. The summed E-state index contributed by atoms with van der Waals surface area (Å²) in [4.78, 5) is 0. The van der Waals surface area contributed by atoms with Crippen LogP contribution >= 0.6 is 0 Å². The van der Waals surface area contributed by atoms with Gasteiger partial charge in [0.15, 0.2) is 17.8 Å². The number of fused-ring (bicyclic) bond motifs is 1. The number of aromatic nitrogens is 1. The van der Waals surface area contributed by atoms with Crippen molar-refractivity contribution in [3.63, 3.8) is 0 Å². The van der Waals surface area contributed by atoms with Crippen LogP contribution in [0, 0.1) is 6.92 Å². The highest BCUT2D eigenvalue weighted by Gasteiger charge is 2.16. The zero-order valence-corrected chi connectivity index (χ0v) is 18.0. The molecule has 1 atom stereocenters. The zero-order chi connectivity index (χ0) is 21.6. The molecule has 2 heterocycles. The van der Waals surface area contributed by atoms with Gasteiger partial charge in [-0.15, -0.1) is 0 Å². The Bertz CT molecular complexity index is 996. The third kappa shape index (κ3) is 5.21. The highest BCUT2D eigenvalue weighted by molar-refractivity contribution is 5.65. The lowest BCUT2D eigenvalue weighted by Crippen LogP contribution is -2.12. The topological polar surface area (TPSA) is 62.1 Å². The molecular weight excluding hydrogens is 394 g/mol. The lowest BCUT2D eigenvalue weighted by Gasteiger charge is -2.14. The molecule has 0 spiro atoms. The summed E-state index contributed by atoms with van der Waals surface area (Å²) in [5.74, 6) is 2.41. The van der Waals surface area contributed by atoms with Gasteiger partial charge in [0.2, 0.25) is 6.79 Å². The predicted molar refractivity (Wildman–Crippen MR) is 119 cm³/mol. The molecule has 1 aliphatic heterocycles. The average Bonchev–Trinajstić information content (AvgIpc) is 3.39. The number of hydrogen-bond acceptors (Lipinski definition) is 5. The van der Waals surface area contributed by atoms with Crippen LogP contribution in [-0.4, -0.2) is 36.0 Å². The molecule has 31 heavy (non-hydrogen) atoms. The fourth-order valence-electron chi connectivity index (χ4n) is 3.75. The van der Waals surface area contributed by atoms with Crippen LogP contribution in [0.15, 0.2) is 54.6 Å².